The Morgan fingerprint density at radius 3 is 2.63 bits per heavy atom. The van der Waals surface area contributed by atoms with Crippen LogP contribution in [0.15, 0.2) is 12.1 Å². The Bertz CT molecular complexity index is 421. The van der Waals surface area contributed by atoms with E-state index < -0.39 is 4.92 Å². The predicted octanol–water partition coefficient (Wildman–Crippen LogP) is 1.75. The minimum absolute atomic E-state index is 0.0304. The number of pyridine rings is 1. The summed E-state index contributed by atoms with van der Waals surface area (Å²) in [4.78, 5) is 16.7. The molecule has 0 aliphatic rings. The zero-order valence-electron chi connectivity index (χ0n) is 11.5. The van der Waals surface area contributed by atoms with E-state index in [4.69, 9.17) is 4.74 Å². The highest BCUT2D eigenvalue weighted by molar-refractivity contribution is 5.47. The molecule has 0 spiro atoms. The molecule has 106 valence electrons. The van der Waals surface area contributed by atoms with Gasteiger partial charge in [-0.3, -0.25) is 10.1 Å². The first-order valence-electron chi connectivity index (χ1n) is 6.30. The third-order valence-electron chi connectivity index (χ3n) is 2.81. The van der Waals surface area contributed by atoms with Gasteiger partial charge in [-0.15, -0.1) is 0 Å². The molecular weight excluding hydrogens is 248 g/mol. The number of hydrogen-bond donors (Lipinski definition) is 1. The second kappa shape index (κ2) is 7.52. The molecule has 7 nitrogen and oxygen atoms in total. The van der Waals surface area contributed by atoms with Crippen molar-refractivity contribution in [2.45, 2.75) is 13.8 Å². The summed E-state index contributed by atoms with van der Waals surface area (Å²) in [5.74, 6) is 0.692. The minimum Gasteiger partial charge on any atom is -0.476 e. The van der Waals surface area contributed by atoms with Crippen LogP contribution in [0, 0.1) is 10.1 Å². The quantitative estimate of drug-likeness (QED) is 0.571. The molecule has 19 heavy (non-hydrogen) atoms. The fourth-order valence-corrected chi connectivity index (χ4v) is 1.62. The van der Waals surface area contributed by atoms with Crippen molar-refractivity contribution in [1.82, 2.24) is 9.88 Å². The highest BCUT2D eigenvalue weighted by Crippen LogP contribution is 2.21. The van der Waals surface area contributed by atoms with Crippen molar-refractivity contribution in [2.24, 2.45) is 0 Å². The average molecular weight is 268 g/mol. The van der Waals surface area contributed by atoms with Crippen LogP contribution in [-0.2, 0) is 0 Å². The van der Waals surface area contributed by atoms with Gasteiger partial charge in [0.1, 0.15) is 12.4 Å². The summed E-state index contributed by atoms with van der Waals surface area (Å²) < 4.78 is 5.48. The van der Waals surface area contributed by atoms with E-state index in [0.717, 1.165) is 19.6 Å². The molecule has 1 heterocycles. The molecule has 0 fully saturated rings. The fraction of sp³-hybridized carbons (Fsp3) is 0.583. The Morgan fingerprint density at radius 2 is 2.11 bits per heavy atom. The Morgan fingerprint density at radius 1 is 1.42 bits per heavy atom. The SMILES string of the molecule is CCN(CC)CCOc1cc([N+](=O)[O-])cc(NC)n1. The van der Waals surface area contributed by atoms with Gasteiger partial charge < -0.3 is 15.0 Å². The van der Waals surface area contributed by atoms with E-state index in [1.807, 2.05) is 0 Å². The van der Waals surface area contributed by atoms with Crippen LogP contribution in [0.5, 0.6) is 5.88 Å². The van der Waals surface area contributed by atoms with Crippen molar-refractivity contribution in [3.05, 3.63) is 22.2 Å². The molecule has 0 aromatic carbocycles. The molecule has 1 rings (SSSR count). The van der Waals surface area contributed by atoms with Crippen LogP contribution >= 0.6 is 0 Å². The van der Waals surface area contributed by atoms with Gasteiger partial charge in [0.05, 0.1) is 17.1 Å². The monoisotopic (exact) mass is 268 g/mol. The van der Waals surface area contributed by atoms with Crippen molar-refractivity contribution in [3.8, 4) is 5.88 Å². The van der Waals surface area contributed by atoms with E-state index in [1.54, 1.807) is 7.05 Å². The summed E-state index contributed by atoms with van der Waals surface area (Å²) >= 11 is 0. The van der Waals surface area contributed by atoms with Crippen molar-refractivity contribution >= 4 is 11.5 Å². The maximum absolute atomic E-state index is 10.8. The average Bonchev–Trinajstić information content (AvgIpc) is 2.43. The van der Waals surface area contributed by atoms with Crippen molar-refractivity contribution < 1.29 is 9.66 Å². The highest BCUT2D eigenvalue weighted by atomic mass is 16.6. The van der Waals surface area contributed by atoms with Gasteiger partial charge in [-0.25, -0.2) is 0 Å². The zero-order valence-corrected chi connectivity index (χ0v) is 11.5. The molecule has 0 radical (unpaired) electrons. The number of likely N-dealkylation sites (N-methyl/N-ethyl adjacent to an activating group) is 1. The molecular formula is C12H20N4O3. The lowest BCUT2D eigenvalue weighted by Crippen LogP contribution is -2.28. The number of hydrogen-bond acceptors (Lipinski definition) is 6. The molecule has 7 heteroatoms. The predicted molar refractivity (Wildman–Crippen MR) is 73.7 cm³/mol. The first kappa shape index (κ1) is 15.2. The van der Waals surface area contributed by atoms with Gasteiger partial charge in [0.15, 0.2) is 0 Å². The van der Waals surface area contributed by atoms with Crippen molar-refractivity contribution in [3.63, 3.8) is 0 Å². The maximum atomic E-state index is 10.8. The molecule has 0 saturated carbocycles. The van der Waals surface area contributed by atoms with Gasteiger partial charge in [0.25, 0.3) is 5.69 Å². The topological polar surface area (TPSA) is 80.5 Å². The Hall–Kier alpha value is -1.89. The third-order valence-corrected chi connectivity index (χ3v) is 2.81. The molecule has 0 aliphatic carbocycles. The summed E-state index contributed by atoms with van der Waals surface area (Å²) in [7, 11) is 1.66. The molecule has 0 bridgehead atoms. The fourth-order valence-electron chi connectivity index (χ4n) is 1.62. The van der Waals surface area contributed by atoms with Crippen LogP contribution in [0.2, 0.25) is 0 Å². The molecule has 0 unspecified atom stereocenters. The van der Waals surface area contributed by atoms with Crippen LogP contribution in [0.3, 0.4) is 0 Å². The van der Waals surface area contributed by atoms with E-state index in [0.29, 0.717) is 12.4 Å². The first-order chi connectivity index (χ1) is 9.10. The molecule has 0 atom stereocenters. The van der Waals surface area contributed by atoms with Gasteiger partial charge in [-0.1, -0.05) is 13.8 Å². The summed E-state index contributed by atoms with van der Waals surface area (Å²) in [5, 5.41) is 13.6. The molecule has 0 aliphatic heterocycles. The van der Waals surface area contributed by atoms with Crippen LogP contribution in [0.1, 0.15) is 13.8 Å². The van der Waals surface area contributed by atoms with Gasteiger partial charge in [-0.05, 0) is 13.1 Å². The highest BCUT2D eigenvalue weighted by Gasteiger charge is 2.11. The van der Waals surface area contributed by atoms with E-state index >= 15 is 0 Å². The van der Waals surface area contributed by atoms with E-state index in [2.05, 4.69) is 29.0 Å². The van der Waals surface area contributed by atoms with Crippen LogP contribution in [0.25, 0.3) is 0 Å². The normalized spacial score (nSPS) is 10.5. The number of nitro groups is 1. The second-order valence-electron chi connectivity index (χ2n) is 3.93. The minimum atomic E-state index is -0.459. The number of rotatable bonds is 8. The largest absolute Gasteiger partial charge is 0.476 e. The third kappa shape index (κ3) is 4.70. The lowest BCUT2D eigenvalue weighted by atomic mass is 10.4. The number of aromatic nitrogens is 1. The lowest BCUT2D eigenvalue weighted by Gasteiger charge is -2.17. The van der Waals surface area contributed by atoms with Gasteiger partial charge >= 0.3 is 0 Å². The Labute approximate surface area is 112 Å². The summed E-state index contributed by atoms with van der Waals surface area (Å²) in [6, 6.07) is 2.71. The van der Waals surface area contributed by atoms with Gasteiger partial charge in [0, 0.05) is 13.6 Å². The van der Waals surface area contributed by atoms with Crippen molar-refractivity contribution in [2.75, 3.05) is 38.6 Å². The standard InChI is InChI=1S/C12H20N4O3/c1-4-15(5-2)6-7-19-12-9-10(16(17)18)8-11(13-3)14-12/h8-9H,4-7H2,1-3H3,(H,13,14). The number of ether oxygens (including phenoxy) is 1. The van der Waals surface area contributed by atoms with E-state index in [1.165, 1.54) is 12.1 Å². The number of nitrogens with one attached hydrogen (secondary N) is 1. The Kier molecular flexibility index (Phi) is 6.01. The van der Waals surface area contributed by atoms with Crippen LogP contribution < -0.4 is 10.1 Å². The summed E-state index contributed by atoms with van der Waals surface area (Å²) in [6.07, 6.45) is 0. The summed E-state index contributed by atoms with van der Waals surface area (Å²) in [6.45, 7) is 7.28. The Balaban J connectivity index is 2.67. The summed E-state index contributed by atoms with van der Waals surface area (Å²) in [5.41, 5.74) is -0.0304. The van der Waals surface area contributed by atoms with Gasteiger partial charge in [-0.2, -0.15) is 4.98 Å². The maximum Gasteiger partial charge on any atom is 0.278 e. The molecule has 0 saturated heterocycles. The molecule has 1 N–H and O–H groups in total. The molecule has 0 amide bonds. The van der Waals surface area contributed by atoms with Crippen LogP contribution in [0.4, 0.5) is 11.5 Å². The number of anilines is 1. The molecule has 1 aromatic heterocycles. The van der Waals surface area contributed by atoms with E-state index in [-0.39, 0.29) is 11.6 Å². The zero-order chi connectivity index (χ0) is 14.3. The number of nitrogens with zero attached hydrogens (tertiary/aromatic N) is 3. The van der Waals surface area contributed by atoms with Gasteiger partial charge in [0.2, 0.25) is 5.88 Å². The first-order valence-corrected chi connectivity index (χ1v) is 6.30. The van der Waals surface area contributed by atoms with Crippen LogP contribution in [-0.4, -0.2) is 48.1 Å². The van der Waals surface area contributed by atoms with Crippen molar-refractivity contribution in [1.29, 1.82) is 0 Å². The molecule has 1 aromatic rings. The smallest absolute Gasteiger partial charge is 0.278 e. The lowest BCUT2D eigenvalue weighted by molar-refractivity contribution is -0.384. The van der Waals surface area contributed by atoms with E-state index in [9.17, 15) is 10.1 Å². The second-order valence-corrected chi connectivity index (χ2v) is 3.93.